The van der Waals surface area contributed by atoms with E-state index in [0.29, 0.717) is 13.1 Å². The van der Waals surface area contributed by atoms with Crippen molar-refractivity contribution in [1.82, 2.24) is 20.0 Å². The summed E-state index contributed by atoms with van der Waals surface area (Å²) < 4.78 is 15.1. The van der Waals surface area contributed by atoms with E-state index in [-0.39, 0.29) is 23.7 Å². The van der Waals surface area contributed by atoms with Gasteiger partial charge in [-0.1, -0.05) is 25.0 Å². The van der Waals surface area contributed by atoms with Crippen LogP contribution in [0.15, 0.2) is 41.7 Å². The highest BCUT2D eigenvalue weighted by Gasteiger charge is 2.36. The second-order valence-electron chi connectivity index (χ2n) is 8.23. The van der Waals surface area contributed by atoms with Crippen molar-refractivity contribution < 1.29 is 9.18 Å². The molecule has 1 aromatic carbocycles. The second kappa shape index (κ2) is 8.45. The molecule has 2 heterocycles. The Kier molecular flexibility index (Phi) is 5.74. The van der Waals surface area contributed by atoms with E-state index >= 15 is 0 Å². The Bertz CT molecular complexity index is 916. The summed E-state index contributed by atoms with van der Waals surface area (Å²) in [5, 5.41) is 7.67. The topological polar surface area (TPSA) is 65.8 Å². The first kappa shape index (κ1) is 20.4. The van der Waals surface area contributed by atoms with Gasteiger partial charge in [-0.2, -0.15) is 5.10 Å². The molecule has 7 nitrogen and oxygen atoms in total. The number of aromatic nitrogens is 2. The molecule has 8 heteroatoms. The molecule has 1 saturated heterocycles. The summed E-state index contributed by atoms with van der Waals surface area (Å²) in [5.74, 6) is 0.564. The van der Waals surface area contributed by atoms with Crippen molar-refractivity contribution in [1.29, 1.82) is 0 Å². The van der Waals surface area contributed by atoms with Gasteiger partial charge in [0.1, 0.15) is 12.4 Å². The van der Waals surface area contributed by atoms with Gasteiger partial charge in [0.25, 0.3) is 0 Å². The predicted octanol–water partition coefficient (Wildman–Crippen LogP) is 2.30. The first-order valence-electron chi connectivity index (χ1n) is 10.5. The molecule has 0 unspecified atom stereocenters. The Hall–Kier alpha value is -2.90. The molecule has 2 aliphatic rings. The number of nitrogens with zero attached hydrogens (tertiary/aromatic N) is 5. The van der Waals surface area contributed by atoms with E-state index in [2.05, 4.69) is 15.4 Å². The molecule has 30 heavy (non-hydrogen) atoms. The first-order chi connectivity index (χ1) is 14.5. The zero-order valence-electron chi connectivity index (χ0n) is 17.6. The zero-order valence-corrected chi connectivity index (χ0v) is 17.6. The SMILES string of the molecule is CN=C(NCC1(c2ccc(F)cc2)CCCC1)N1CCN(c2cnn(C)c2)C(=O)C1. The maximum absolute atomic E-state index is 13.4. The minimum Gasteiger partial charge on any atom is -0.355 e. The average molecular weight is 413 g/mol. The van der Waals surface area contributed by atoms with Crippen LogP contribution < -0.4 is 10.2 Å². The molecule has 1 saturated carbocycles. The molecule has 0 atom stereocenters. The van der Waals surface area contributed by atoms with Gasteiger partial charge in [0.15, 0.2) is 5.96 Å². The van der Waals surface area contributed by atoms with Crippen LogP contribution in [-0.2, 0) is 17.3 Å². The third-order valence-corrected chi connectivity index (χ3v) is 6.34. The van der Waals surface area contributed by atoms with Gasteiger partial charge in [0.2, 0.25) is 5.91 Å². The molecule has 1 aliphatic carbocycles. The monoisotopic (exact) mass is 412 g/mol. The van der Waals surface area contributed by atoms with Crippen LogP contribution in [0, 0.1) is 5.82 Å². The average Bonchev–Trinajstić information content (AvgIpc) is 3.39. The van der Waals surface area contributed by atoms with Crippen LogP contribution >= 0.6 is 0 Å². The fourth-order valence-corrected chi connectivity index (χ4v) is 4.68. The summed E-state index contributed by atoms with van der Waals surface area (Å²) in [7, 11) is 3.59. The third kappa shape index (κ3) is 4.04. The largest absolute Gasteiger partial charge is 0.355 e. The van der Waals surface area contributed by atoms with E-state index in [4.69, 9.17) is 0 Å². The number of guanidine groups is 1. The molecule has 4 rings (SSSR count). The fraction of sp³-hybridized carbons (Fsp3) is 0.500. The van der Waals surface area contributed by atoms with Gasteiger partial charge in [0.05, 0.1) is 11.9 Å². The second-order valence-corrected chi connectivity index (χ2v) is 8.23. The molecule has 1 aromatic heterocycles. The number of carbonyl (C=O) groups excluding carboxylic acids is 1. The maximum Gasteiger partial charge on any atom is 0.246 e. The van der Waals surface area contributed by atoms with Gasteiger partial charge < -0.3 is 15.1 Å². The highest BCUT2D eigenvalue weighted by molar-refractivity contribution is 5.98. The zero-order chi connectivity index (χ0) is 21.1. The molecule has 1 aliphatic heterocycles. The number of hydrogen-bond acceptors (Lipinski definition) is 3. The lowest BCUT2D eigenvalue weighted by Gasteiger charge is -2.37. The lowest BCUT2D eigenvalue weighted by molar-refractivity contribution is -0.120. The number of aliphatic imine (C=N–C) groups is 1. The van der Waals surface area contributed by atoms with E-state index in [1.165, 1.54) is 18.4 Å². The van der Waals surface area contributed by atoms with Gasteiger partial charge in [-0.25, -0.2) is 4.39 Å². The third-order valence-electron chi connectivity index (χ3n) is 6.34. The summed E-state index contributed by atoms with van der Waals surface area (Å²) >= 11 is 0. The Morgan fingerprint density at radius 1 is 1.23 bits per heavy atom. The van der Waals surface area contributed by atoms with Crippen molar-refractivity contribution >= 4 is 17.6 Å². The Balaban J connectivity index is 1.42. The Labute approximate surface area is 176 Å². The standard InChI is InChI=1S/C22H29FN6O/c1-24-21(28-11-12-29(20(30)15-28)19-13-26-27(2)14-19)25-16-22(9-3-4-10-22)17-5-7-18(23)8-6-17/h5-8,13-14H,3-4,9-12,15-16H2,1-2H3,(H,24,25). The van der Waals surface area contributed by atoms with E-state index in [9.17, 15) is 9.18 Å². The summed E-state index contributed by atoms with van der Waals surface area (Å²) in [4.78, 5) is 20.9. The van der Waals surface area contributed by atoms with Crippen LogP contribution in [0.3, 0.4) is 0 Å². The van der Waals surface area contributed by atoms with E-state index in [1.54, 1.807) is 35.0 Å². The minimum absolute atomic E-state index is 0.0226. The number of carbonyl (C=O) groups is 1. The van der Waals surface area contributed by atoms with Crippen LogP contribution in [0.4, 0.5) is 10.1 Å². The number of hydrogen-bond donors (Lipinski definition) is 1. The van der Waals surface area contributed by atoms with E-state index in [1.807, 2.05) is 30.3 Å². The Morgan fingerprint density at radius 3 is 2.57 bits per heavy atom. The fourth-order valence-electron chi connectivity index (χ4n) is 4.68. The summed E-state index contributed by atoms with van der Waals surface area (Å²) in [6, 6.07) is 6.89. The van der Waals surface area contributed by atoms with Crippen molar-refractivity contribution in [3.63, 3.8) is 0 Å². The molecular formula is C22H29FN6O. The minimum atomic E-state index is -0.208. The Morgan fingerprint density at radius 2 is 1.97 bits per heavy atom. The number of nitrogens with one attached hydrogen (secondary N) is 1. The number of amides is 1. The highest BCUT2D eigenvalue weighted by atomic mass is 19.1. The van der Waals surface area contributed by atoms with Crippen molar-refractivity contribution in [3.05, 3.63) is 48.0 Å². The van der Waals surface area contributed by atoms with Crippen molar-refractivity contribution in [2.75, 3.05) is 38.1 Å². The number of anilines is 1. The summed E-state index contributed by atoms with van der Waals surface area (Å²) in [5.41, 5.74) is 1.97. The normalized spacial score (nSPS) is 19.4. The van der Waals surface area contributed by atoms with Crippen LogP contribution in [-0.4, -0.2) is 59.8 Å². The molecule has 2 aromatic rings. The number of halogens is 1. The maximum atomic E-state index is 13.4. The smallest absolute Gasteiger partial charge is 0.246 e. The van der Waals surface area contributed by atoms with Crippen molar-refractivity contribution in [3.8, 4) is 0 Å². The van der Waals surface area contributed by atoms with E-state index < -0.39 is 0 Å². The van der Waals surface area contributed by atoms with Crippen LogP contribution in [0.1, 0.15) is 31.2 Å². The van der Waals surface area contributed by atoms with Gasteiger partial charge >= 0.3 is 0 Å². The molecule has 160 valence electrons. The van der Waals surface area contributed by atoms with Gasteiger partial charge in [-0.05, 0) is 30.5 Å². The van der Waals surface area contributed by atoms with E-state index in [0.717, 1.165) is 31.0 Å². The molecule has 0 radical (unpaired) electrons. The predicted molar refractivity (Wildman–Crippen MR) is 115 cm³/mol. The number of aryl methyl sites for hydroxylation is 1. The number of rotatable bonds is 4. The lowest BCUT2D eigenvalue weighted by atomic mass is 9.79. The molecular weight excluding hydrogens is 383 g/mol. The summed E-state index contributed by atoms with van der Waals surface area (Å²) in [6.45, 7) is 2.29. The van der Waals surface area contributed by atoms with Crippen LogP contribution in [0.5, 0.6) is 0 Å². The number of piperazine rings is 1. The first-order valence-corrected chi connectivity index (χ1v) is 10.5. The highest BCUT2D eigenvalue weighted by Crippen LogP contribution is 2.40. The van der Waals surface area contributed by atoms with Gasteiger partial charge in [-0.3, -0.25) is 14.5 Å². The van der Waals surface area contributed by atoms with Crippen LogP contribution in [0.2, 0.25) is 0 Å². The van der Waals surface area contributed by atoms with Crippen LogP contribution in [0.25, 0.3) is 0 Å². The number of benzene rings is 1. The lowest BCUT2D eigenvalue weighted by Crippen LogP contribution is -2.56. The van der Waals surface area contributed by atoms with Crippen molar-refractivity contribution in [2.24, 2.45) is 12.0 Å². The quantitative estimate of drug-likeness (QED) is 0.618. The molecule has 1 N–H and O–H groups in total. The van der Waals surface area contributed by atoms with Crippen molar-refractivity contribution in [2.45, 2.75) is 31.1 Å². The molecule has 0 bridgehead atoms. The van der Waals surface area contributed by atoms with Gasteiger partial charge in [0, 0.05) is 45.3 Å². The molecule has 2 fully saturated rings. The summed E-state index contributed by atoms with van der Waals surface area (Å²) in [6.07, 6.45) is 8.03. The molecule has 1 amide bonds. The van der Waals surface area contributed by atoms with Gasteiger partial charge in [-0.15, -0.1) is 0 Å². The molecule has 0 spiro atoms.